The van der Waals surface area contributed by atoms with Gasteiger partial charge in [-0.1, -0.05) is 33.6 Å². The summed E-state index contributed by atoms with van der Waals surface area (Å²) < 4.78 is 1.10. The molecule has 0 saturated heterocycles. The Labute approximate surface area is 81.2 Å². The van der Waals surface area contributed by atoms with Crippen LogP contribution in [0.4, 0.5) is 0 Å². The van der Waals surface area contributed by atoms with Crippen LogP contribution in [0.1, 0.15) is 17.5 Å². The van der Waals surface area contributed by atoms with E-state index in [4.69, 9.17) is 5.26 Å². The van der Waals surface area contributed by atoms with Gasteiger partial charge < -0.3 is 0 Å². The molecular formula is C10H10BrN. The highest BCUT2D eigenvalue weighted by atomic mass is 79.9. The number of nitriles is 1. The van der Waals surface area contributed by atoms with Crippen molar-refractivity contribution >= 4 is 15.9 Å². The van der Waals surface area contributed by atoms with Crippen molar-refractivity contribution in [3.05, 3.63) is 33.8 Å². The van der Waals surface area contributed by atoms with Crippen molar-refractivity contribution in [2.45, 2.75) is 19.8 Å². The Balaban J connectivity index is 2.84. The molecule has 0 saturated carbocycles. The topological polar surface area (TPSA) is 23.8 Å². The molecule has 1 aromatic carbocycles. The third kappa shape index (κ3) is 2.35. The fourth-order valence-corrected chi connectivity index (χ4v) is 1.53. The molecule has 62 valence electrons. The SMILES string of the molecule is Cc1ccc(Br)c(CCC#N)c1. The molecule has 0 radical (unpaired) electrons. The molecule has 1 nitrogen and oxygen atoms in total. The Morgan fingerprint density at radius 3 is 2.92 bits per heavy atom. The van der Waals surface area contributed by atoms with Crippen molar-refractivity contribution in [2.75, 3.05) is 0 Å². The van der Waals surface area contributed by atoms with Crippen LogP contribution < -0.4 is 0 Å². The van der Waals surface area contributed by atoms with Gasteiger partial charge in [-0.15, -0.1) is 0 Å². The van der Waals surface area contributed by atoms with Crippen LogP contribution >= 0.6 is 15.9 Å². The maximum atomic E-state index is 8.42. The summed E-state index contributed by atoms with van der Waals surface area (Å²) >= 11 is 3.45. The maximum absolute atomic E-state index is 8.42. The third-order valence-corrected chi connectivity index (χ3v) is 2.48. The van der Waals surface area contributed by atoms with Gasteiger partial charge in [0.1, 0.15) is 0 Å². The lowest BCUT2D eigenvalue weighted by Gasteiger charge is -2.02. The second-order valence-corrected chi connectivity index (χ2v) is 3.61. The van der Waals surface area contributed by atoms with Crippen LogP contribution in [0.3, 0.4) is 0 Å². The third-order valence-electron chi connectivity index (χ3n) is 1.71. The summed E-state index contributed by atoms with van der Waals surface area (Å²) in [6, 6.07) is 8.34. The lowest BCUT2D eigenvalue weighted by atomic mass is 10.1. The lowest BCUT2D eigenvalue weighted by Crippen LogP contribution is -1.86. The number of hydrogen-bond donors (Lipinski definition) is 0. The van der Waals surface area contributed by atoms with E-state index >= 15 is 0 Å². The Morgan fingerprint density at radius 1 is 1.50 bits per heavy atom. The standard InChI is InChI=1S/C10H10BrN/c1-8-4-5-10(11)9(7-8)3-2-6-12/h4-5,7H,2-3H2,1H3. The molecule has 0 N–H and O–H groups in total. The number of halogens is 1. The van der Waals surface area contributed by atoms with Gasteiger partial charge in [0.05, 0.1) is 6.07 Å². The highest BCUT2D eigenvalue weighted by Crippen LogP contribution is 2.19. The molecule has 0 spiro atoms. The second kappa shape index (κ2) is 4.27. The minimum atomic E-state index is 0.585. The van der Waals surface area contributed by atoms with E-state index in [0.29, 0.717) is 6.42 Å². The van der Waals surface area contributed by atoms with Crippen molar-refractivity contribution in [3.63, 3.8) is 0 Å². The van der Waals surface area contributed by atoms with Crippen molar-refractivity contribution in [3.8, 4) is 6.07 Å². The maximum Gasteiger partial charge on any atom is 0.0625 e. The summed E-state index contributed by atoms with van der Waals surface area (Å²) in [6.07, 6.45) is 1.42. The van der Waals surface area contributed by atoms with Crippen molar-refractivity contribution in [1.82, 2.24) is 0 Å². The Hall–Kier alpha value is -0.810. The van der Waals surface area contributed by atoms with Crippen LogP contribution in [0.5, 0.6) is 0 Å². The predicted octanol–water partition coefficient (Wildman–Crippen LogP) is 3.21. The second-order valence-electron chi connectivity index (χ2n) is 2.75. The quantitative estimate of drug-likeness (QED) is 0.756. The monoisotopic (exact) mass is 223 g/mol. The zero-order valence-corrected chi connectivity index (χ0v) is 8.56. The molecule has 0 fully saturated rings. The fraction of sp³-hybridized carbons (Fsp3) is 0.300. The van der Waals surface area contributed by atoms with Gasteiger partial charge in [-0.25, -0.2) is 0 Å². The molecule has 0 aromatic heterocycles. The molecule has 0 amide bonds. The van der Waals surface area contributed by atoms with E-state index in [1.165, 1.54) is 11.1 Å². The van der Waals surface area contributed by atoms with Crippen LogP contribution in [-0.4, -0.2) is 0 Å². The summed E-state index contributed by atoms with van der Waals surface area (Å²) in [7, 11) is 0. The number of rotatable bonds is 2. The average molecular weight is 224 g/mol. The van der Waals surface area contributed by atoms with Crippen LogP contribution in [0, 0.1) is 18.3 Å². The van der Waals surface area contributed by atoms with Gasteiger partial charge in [0.2, 0.25) is 0 Å². The molecule has 12 heavy (non-hydrogen) atoms. The summed E-state index contributed by atoms with van der Waals surface area (Å²) in [5.41, 5.74) is 2.46. The van der Waals surface area contributed by atoms with Gasteiger partial charge in [0.25, 0.3) is 0 Å². The van der Waals surface area contributed by atoms with Crippen molar-refractivity contribution in [1.29, 1.82) is 5.26 Å². The summed E-state index contributed by atoms with van der Waals surface area (Å²) in [4.78, 5) is 0. The van der Waals surface area contributed by atoms with Crippen molar-refractivity contribution < 1.29 is 0 Å². The zero-order valence-electron chi connectivity index (χ0n) is 6.97. The highest BCUT2D eigenvalue weighted by molar-refractivity contribution is 9.10. The highest BCUT2D eigenvalue weighted by Gasteiger charge is 1.98. The molecule has 0 aliphatic carbocycles. The number of benzene rings is 1. The molecule has 0 heterocycles. The van der Waals surface area contributed by atoms with Gasteiger partial charge in [0, 0.05) is 10.9 Å². The van der Waals surface area contributed by atoms with E-state index in [0.717, 1.165) is 10.9 Å². The number of aryl methyl sites for hydroxylation is 2. The number of hydrogen-bond acceptors (Lipinski definition) is 1. The van der Waals surface area contributed by atoms with Crippen molar-refractivity contribution in [2.24, 2.45) is 0 Å². The number of nitrogens with zero attached hydrogens (tertiary/aromatic N) is 1. The van der Waals surface area contributed by atoms with E-state index in [2.05, 4.69) is 41.1 Å². The zero-order chi connectivity index (χ0) is 8.97. The van der Waals surface area contributed by atoms with Gasteiger partial charge >= 0.3 is 0 Å². The molecular weight excluding hydrogens is 214 g/mol. The first-order chi connectivity index (χ1) is 5.74. The first-order valence-electron chi connectivity index (χ1n) is 3.86. The minimum Gasteiger partial charge on any atom is -0.198 e. The van der Waals surface area contributed by atoms with Gasteiger partial charge in [-0.2, -0.15) is 5.26 Å². The van der Waals surface area contributed by atoms with Crippen LogP contribution in [0.15, 0.2) is 22.7 Å². The molecule has 0 aliphatic heterocycles. The summed E-state index contributed by atoms with van der Waals surface area (Å²) in [6.45, 7) is 2.06. The Kier molecular flexibility index (Phi) is 3.31. The van der Waals surface area contributed by atoms with Crippen LogP contribution in [0.2, 0.25) is 0 Å². The smallest absolute Gasteiger partial charge is 0.0625 e. The largest absolute Gasteiger partial charge is 0.198 e. The molecule has 0 bridgehead atoms. The van der Waals surface area contributed by atoms with E-state index in [9.17, 15) is 0 Å². The first kappa shape index (κ1) is 9.28. The van der Waals surface area contributed by atoms with Gasteiger partial charge in [-0.05, 0) is 25.0 Å². The fourth-order valence-electron chi connectivity index (χ4n) is 1.09. The molecule has 0 aliphatic rings. The predicted molar refractivity (Wildman–Crippen MR) is 52.8 cm³/mol. The Morgan fingerprint density at radius 2 is 2.25 bits per heavy atom. The van der Waals surface area contributed by atoms with Crippen LogP contribution in [0.25, 0.3) is 0 Å². The van der Waals surface area contributed by atoms with Crippen LogP contribution in [-0.2, 0) is 6.42 Å². The normalized spacial score (nSPS) is 9.42. The van der Waals surface area contributed by atoms with E-state index in [1.54, 1.807) is 0 Å². The molecule has 0 atom stereocenters. The first-order valence-corrected chi connectivity index (χ1v) is 4.65. The van der Waals surface area contributed by atoms with E-state index in [1.807, 2.05) is 6.07 Å². The molecule has 2 heteroatoms. The summed E-state index contributed by atoms with van der Waals surface area (Å²) in [5.74, 6) is 0. The molecule has 1 aromatic rings. The Bertz CT molecular complexity index is 312. The average Bonchev–Trinajstić information content (AvgIpc) is 2.07. The van der Waals surface area contributed by atoms with E-state index in [-0.39, 0.29) is 0 Å². The summed E-state index contributed by atoms with van der Waals surface area (Å²) in [5, 5.41) is 8.42. The van der Waals surface area contributed by atoms with Gasteiger partial charge in [0.15, 0.2) is 0 Å². The molecule has 1 rings (SSSR count). The van der Waals surface area contributed by atoms with Gasteiger partial charge in [-0.3, -0.25) is 0 Å². The lowest BCUT2D eigenvalue weighted by molar-refractivity contribution is 1.00. The molecule has 0 unspecified atom stereocenters. The van der Waals surface area contributed by atoms with E-state index < -0.39 is 0 Å². The minimum absolute atomic E-state index is 0.585.